The maximum Gasteiger partial charge on any atom is 0.251 e. The first-order valence-electron chi connectivity index (χ1n) is 9.31. The molecule has 1 atom stereocenters. The highest BCUT2D eigenvalue weighted by molar-refractivity contribution is 5.94. The van der Waals surface area contributed by atoms with Gasteiger partial charge in [-0.2, -0.15) is 0 Å². The number of morpholine rings is 1. The third-order valence-electron chi connectivity index (χ3n) is 4.87. The number of ether oxygens (including phenoxy) is 1. The van der Waals surface area contributed by atoms with Gasteiger partial charge in [-0.15, -0.1) is 0 Å². The molecule has 1 aliphatic heterocycles. The fourth-order valence-electron chi connectivity index (χ4n) is 3.24. The molecule has 1 aliphatic rings. The van der Waals surface area contributed by atoms with E-state index in [2.05, 4.69) is 24.1 Å². The zero-order chi connectivity index (χ0) is 18.5. The quantitative estimate of drug-likeness (QED) is 0.860. The Hall–Kier alpha value is -2.11. The van der Waals surface area contributed by atoms with Crippen LogP contribution in [0.15, 0.2) is 40.8 Å². The Morgan fingerprint density at radius 2 is 1.81 bits per heavy atom. The van der Waals surface area contributed by atoms with E-state index < -0.39 is 0 Å². The number of nitrogens with one attached hydrogen (secondary N) is 1. The summed E-state index contributed by atoms with van der Waals surface area (Å²) in [5, 5.41) is 3.07. The van der Waals surface area contributed by atoms with Crippen molar-refractivity contribution in [1.82, 2.24) is 10.2 Å². The van der Waals surface area contributed by atoms with Gasteiger partial charge in [-0.25, -0.2) is 0 Å². The molecule has 2 heterocycles. The second-order valence-corrected chi connectivity index (χ2v) is 7.10. The average Bonchev–Trinajstić information content (AvgIpc) is 3.09. The molecule has 1 amide bonds. The van der Waals surface area contributed by atoms with Crippen LogP contribution in [0.1, 0.15) is 53.2 Å². The fourth-order valence-corrected chi connectivity index (χ4v) is 3.24. The van der Waals surface area contributed by atoms with Crippen LogP contribution in [0.25, 0.3) is 0 Å². The van der Waals surface area contributed by atoms with Gasteiger partial charge in [-0.1, -0.05) is 26.0 Å². The molecule has 0 saturated carbocycles. The standard InChI is InChI=1S/C21H28N2O3/c1-15(2)17-5-7-18(8-6-17)21(24)22-14-19(20-9-4-16(3)26-20)23-10-12-25-13-11-23/h4-9,15,19H,10-14H2,1-3H3,(H,22,24). The van der Waals surface area contributed by atoms with Crippen LogP contribution in [0.4, 0.5) is 0 Å². The molecule has 0 aliphatic carbocycles. The minimum absolute atomic E-state index is 0.0199. The highest BCUT2D eigenvalue weighted by Gasteiger charge is 2.25. The largest absolute Gasteiger partial charge is 0.465 e. The number of rotatable bonds is 6. The SMILES string of the molecule is Cc1ccc(C(CNC(=O)c2ccc(C(C)C)cc2)N2CCOCC2)o1. The van der Waals surface area contributed by atoms with E-state index in [1.807, 2.05) is 43.3 Å². The van der Waals surface area contributed by atoms with E-state index in [1.54, 1.807) is 0 Å². The van der Waals surface area contributed by atoms with Crippen LogP contribution in [0.3, 0.4) is 0 Å². The van der Waals surface area contributed by atoms with Gasteiger partial charge in [0.15, 0.2) is 0 Å². The normalized spacial score (nSPS) is 16.6. The summed E-state index contributed by atoms with van der Waals surface area (Å²) in [6, 6.07) is 11.8. The second kappa shape index (κ2) is 8.52. The van der Waals surface area contributed by atoms with E-state index in [4.69, 9.17) is 9.15 Å². The number of nitrogens with zero attached hydrogens (tertiary/aromatic N) is 1. The minimum atomic E-state index is -0.0538. The summed E-state index contributed by atoms with van der Waals surface area (Å²) in [6.45, 7) is 9.83. The fraction of sp³-hybridized carbons (Fsp3) is 0.476. The Morgan fingerprint density at radius 3 is 2.38 bits per heavy atom. The molecule has 2 aromatic rings. The predicted molar refractivity (Wildman–Crippen MR) is 101 cm³/mol. The molecular weight excluding hydrogens is 328 g/mol. The lowest BCUT2D eigenvalue weighted by atomic mass is 10.0. The van der Waals surface area contributed by atoms with Crippen LogP contribution in [0, 0.1) is 6.92 Å². The summed E-state index contributed by atoms with van der Waals surface area (Å²) in [4.78, 5) is 14.9. The number of carbonyl (C=O) groups excluding carboxylic acids is 1. The average molecular weight is 356 g/mol. The number of hydrogen-bond donors (Lipinski definition) is 1. The molecule has 1 fully saturated rings. The zero-order valence-corrected chi connectivity index (χ0v) is 15.8. The Morgan fingerprint density at radius 1 is 1.12 bits per heavy atom. The van der Waals surface area contributed by atoms with Crippen LogP contribution in [-0.2, 0) is 4.74 Å². The lowest BCUT2D eigenvalue weighted by Crippen LogP contribution is -2.43. The van der Waals surface area contributed by atoms with Crippen molar-refractivity contribution in [1.29, 1.82) is 0 Å². The van der Waals surface area contributed by atoms with Gasteiger partial charge < -0.3 is 14.5 Å². The minimum Gasteiger partial charge on any atom is -0.465 e. The first-order chi connectivity index (χ1) is 12.5. The smallest absolute Gasteiger partial charge is 0.251 e. The summed E-state index contributed by atoms with van der Waals surface area (Å²) < 4.78 is 11.3. The summed E-state index contributed by atoms with van der Waals surface area (Å²) in [5.74, 6) is 2.18. The van der Waals surface area contributed by atoms with E-state index in [9.17, 15) is 4.79 Å². The predicted octanol–water partition coefficient (Wildman–Crippen LogP) is 3.51. The Kier molecular flexibility index (Phi) is 6.12. The maximum absolute atomic E-state index is 12.6. The molecule has 0 spiro atoms. The number of amides is 1. The van der Waals surface area contributed by atoms with E-state index in [1.165, 1.54) is 5.56 Å². The van der Waals surface area contributed by atoms with E-state index >= 15 is 0 Å². The topological polar surface area (TPSA) is 54.7 Å². The van der Waals surface area contributed by atoms with Gasteiger partial charge in [0.1, 0.15) is 11.5 Å². The number of furan rings is 1. The highest BCUT2D eigenvalue weighted by Crippen LogP contribution is 2.23. The number of benzene rings is 1. The molecule has 1 aromatic carbocycles. The second-order valence-electron chi connectivity index (χ2n) is 7.10. The van der Waals surface area contributed by atoms with Crippen LogP contribution in [0.2, 0.25) is 0 Å². The van der Waals surface area contributed by atoms with Gasteiger partial charge in [-0.05, 0) is 42.7 Å². The van der Waals surface area contributed by atoms with Crippen molar-refractivity contribution >= 4 is 5.91 Å². The molecule has 5 nitrogen and oxygen atoms in total. The van der Waals surface area contributed by atoms with Crippen molar-refractivity contribution in [3.8, 4) is 0 Å². The molecule has 1 N–H and O–H groups in total. The molecule has 1 unspecified atom stereocenters. The summed E-state index contributed by atoms with van der Waals surface area (Å²) in [5.41, 5.74) is 1.92. The number of carbonyl (C=O) groups is 1. The molecular formula is C21H28N2O3. The number of aryl methyl sites for hydroxylation is 1. The molecule has 0 radical (unpaired) electrons. The van der Waals surface area contributed by atoms with Crippen LogP contribution in [-0.4, -0.2) is 43.7 Å². The summed E-state index contributed by atoms with van der Waals surface area (Å²) in [7, 11) is 0. The monoisotopic (exact) mass is 356 g/mol. The molecule has 3 rings (SSSR count). The van der Waals surface area contributed by atoms with Gasteiger partial charge >= 0.3 is 0 Å². The molecule has 1 aromatic heterocycles. The van der Waals surface area contributed by atoms with Crippen molar-refractivity contribution in [3.05, 3.63) is 59.0 Å². The third kappa shape index (κ3) is 4.54. The van der Waals surface area contributed by atoms with Crippen molar-refractivity contribution in [3.63, 3.8) is 0 Å². The lowest BCUT2D eigenvalue weighted by Gasteiger charge is -2.33. The van der Waals surface area contributed by atoms with Gasteiger partial charge in [0.05, 0.1) is 19.3 Å². The zero-order valence-electron chi connectivity index (χ0n) is 15.8. The molecule has 26 heavy (non-hydrogen) atoms. The van der Waals surface area contributed by atoms with Crippen molar-refractivity contribution in [2.75, 3.05) is 32.8 Å². The van der Waals surface area contributed by atoms with Gasteiger partial charge in [0, 0.05) is 25.2 Å². The van der Waals surface area contributed by atoms with Crippen LogP contribution < -0.4 is 5.32 Å². The lowest BCUT2D eigenvalue weighted by molar-refractivity contribution is 0.0117. The van der Waals surface area contributed by atoms with E-state index in [0.29, 0.717) is 31.2 Å². The molecule has 0 bridgehead atoms. The Balaban J connectivity index is 1.67. The summed E-state index contributed by atoms with van der Waals surface area (Å²) in [6.07, 6.45) is 0. The van der Waals surface area contributed by atoms with E-state index in [-0.39, 0.29) is 11.9 Å². The van der Waals surface area contributed by atoms with Gasteiger partial charge in [0.2, 0.25) is 0 Å². The maximum atomic E-state index is 12.6. The Bertz CT molecular complexity index is 715. The first kappa shape index (κ1) is 18.7. The Labute approximate surface area is 155 Å². The van der Waals surface area contributed by atoms with Crippen LogP contribution in [0.5, 0.6) is 0 Å². The van der Waals surface area contributed by atoms with Crippen molar-refractivity contribution < 1.29 is 13.9 Å². The van der Waals surface area contributed by atoms with Crippen LogP contribution >= 0.6 is 0 Å². The molecule has 5 heteroatoms. The van der Waals surface area contributed by atoms with E-state index in [0.717, 1.165) is 24.6 Å². The molecule has 140 valence electrons. The molecule has 1 saturated heterocycles. The number of hydrogen-bond acceptors (Lipinski definition) is 4. The highest BCUT2D eigenvalue weighted by atomic mass is 16.5. The van der Waals surface area contributed by atoms with Gasteiger partial charge in [-0.3, -0.25) is 9.69 Å². The van der Waals surface area contributed by atoms with Crippen molar-refractivity contribution in [2.24, 2.45) is 0 Å². The van der Waals surface area contributed by atoms with Crippen molar-refractivity contribution in [2.45, 2.75) is 32.7 Å². The third-order valence-corrected chi connectivity index (χ3v) is 4.87. The first-order valence-corrected chi connectivity index (χ1v) is 9.31. The van der Waals surface area contributed by atoms with Gasteiger partial charge in [0.25, 0.3) is 5.91 Å². The summed E-state index contributed by atoms with van der Waals surface area (Å²) >= 11 is 0.